The van der Waals surface area contributed by atoms with E-state index >= 15 is 0 Å². The van der Waals surface area contributed by atoms with Gasteiger partial charge in [0, 0.05) is 15.6 Å². The van der Waals surface area contributed by atoms with Gasteiger partial charge in [0.05, 0.1) is 22.5 Å². The molecule has 3 aromatic carbocycles. The number of amides is 4. The Balaban J connectivity index is 1.56. The topological polar surface area (TPSA) is 94.2 Å². The lowest BCUT2D eigenvalue weighted by Gasteiger charge is -2.26. The number of ether oxygens (including phenoxy) is 3. The van der Waals surface area contributed by atoms with E-state index in [9.17, 15) is 14.4 Å². The van der Waals surface area contributed by atoms with Gasteiger partial charge in [-0.25, -0.2) is 9.69 Å². The maximum absolute atomic E-state index is 13.4. The van der Waals surface area contributed by atoms with Crippen molar-refractivity contribution in [1.82, 2.24) is 5.32 Å². The normalized spacial score (nSPS) is 14.4. The number of imide groups is 2. The molecular weight excluding hydrogens is 670 g/mol. The van der Waals surface area contributed by atoms with E-state index in [1.54, 1.807) is 54.6 Å². The van der Waals surface area contributed by atoms with E-state index in [0.29, 0.717) is 46.1 Å². The van der Waals surface area contributed by atoms with E-state index in [1.807, 2.05) is 13.8 Å². The molecular formula is C29H25Cl2IN2O6. The Hall–Kier alpha value is -3.28. The van der Waals surface area contributed by atoms with Gasteiger partial charge < -0.3 is 14.2 Å². The summed E-state index contributed by atoms with van der Waals surface area (Å²) < 4.78 is 18.1. The highest BCUT2D eigenvalue weighted by atomic mass is 127. The van der Waals surface area contributed by atoms with Gasteiger partial charge in [0.25, 0.3) is 11.8 Å². The number of hydrogen-bond donors (Lipinski definition) is 1. The Bertz CT molecular complexity index is 1480. The molecule has 0 unspecified atom stereocenters. The number of rotatable bonds is 10. The molecule has 0 saturated carbocycles. The van der Waals surface area contributed by atoms with Crippen LogP contribution in [0.2, 0.25) is 10.0 Å². The monoisotopic (exact) mass is 694 g/mol. The van der Waals surface area contributed by atoms with Crippen molar-refractivity contribution in [3.05, 3.63) is 84.9 Å². The third-order valence-electron chi connectivity index (χ3n) is 5.70. The first-order chi connectivity index (χ1) is 19.2. The molecule has 0 bridgehead atoms. The van der Waals surface area contributed by atoms with Gasteiger partial charge in [-0.05, 0) is 96.1 Å². The van der Waals surface area contributed by atoms with Crippen molar-refractivity contribution in [3.63, 3.8) is 0 Å². The minimum atomic E-state index is -0.846. The lowest BCUT2D eigenvalue weighted by atomic mass is 10.1. The predicted octanol–water partition coefficient (Wildman–Crippen LogP) is 7.03. The zero-order valence-electron chi connectivity index (χ0n) is 21.6. The highest BCUT2D eigenvalue weighted by Crippen LogP contribution is 2.35. The molecule has 1 aliphatic heterocycles. The summed E-state index contributed by atoms with van der Waals surface area (Å²) in [5, 5.41) is 3.25. The Morgan fingerprint density at radius 3 is 2.38 bits per heavy atom. The number of anilines is 1. The number of benzene rings is 3. The maximum Gasteiger partial charge on any atom is 0.335 e. The average molecular weight is 695 g/mol. The molecule has 0 aromatic heterocycles. The van der Waals surface area contributed by atoms with E-state index in [0.717, 1.165) is 20.5 Å². The first-order valence-electron chi connectivity index (χ1n) is 12.4. The van der Waals surface area contributed by atoms with Crippen LogP contribution in [0.15, 0.2) is 60.2 Å². The quantitative estimate of drug-likeness (QED) is 0.139. The summed E-state index contributed by atoms with van der Waals surface area (Å²) in [7, 11) is 0. The molecule has 8 nitrogen and oxygen atoms in total. The fourth-order valence-corrected chi connectivity index (χ4v) is 5.07. The summed E-state index contributed by atoms with van der Waals surface area (Å²) in [6.45, 7) is 4.99. The van der Waals surface area contributed by atoms with Crippen molar-refractivity contribution in [2.24, 2.45) is 0 Å². The zero-order valence-corrected chi connectivity index (χ0v) is 25.3. The van der Waals surface area contributed by atoms with E-state index in [-0.39, 0.29) is 17.9 Å². The molecule has 1 heterocycles. The van der Waals surface area contributed by atoms with E-state index in [4.69, 9.17) is 37.4 Å². The molecule has 4 rings (SSSR count). The van der Waals surface area contributed by atoms with Gasteiger partial charge in [-0.3, -0.25) is 14.9 Å². The standard InChI is InChI=1S/C29H25Cl2IN2O6/c1-3-11-39-26-24(32)13-17(14-25(26)38-4-2)12-22-27(35)33-29(37)34(28(22)36)20-7-9-21(10-8-20)40-16-18-5-6-19(30)15-23(18)31/h5-10,12-15H,3-4,11,16H2,1-2H3,(H,33,35,37)/b22-12+. The number of barbiturate groups is 1. The van der Waals surface area contributed by atoms with Crippen LogP contribution < -0.4 is 24.4 Å². The van der Waals surface area contributed by atoms with Gasteiger partial charge in [0.2, 0.25) is 0 Å². The van der Waals surface area contributed by atoms with Crippen LogP contribution in [0.3, 0.4) is 0 Å². The van der Waals surface area contributed by atoms with Gasteiger partial charge >= 0.3 is 6.03 Å². The number of nitrogens with one attached hydrogen (secondary N) is 1. The van der Waals surface area contributed by atoms with Crippen molar-refractivity contribution in [2.75, 3.05) is 18.1 Å². The first kappa shape index (κ1) is 29.7. The van der Waals surface area contributed by atoms with Crippen LogP contribution in [0.5, 0.6) is 17.2 Å². The number of carbonyl (C=O) groups is 3. The Labute approximate surface area is 255 Å². The van der Waals surface area contributed by atoms with Crippen LogP contribution in [0.1, 0.15) is 31.4 Å². The fraction of sp³-hybridized carbons (Fsp3) is 0.207. The van der Waals surface area contributed by atoms with Crippen molar-refractivity contribution in [3.8, 4) is 17.2 Å². The summed E-state index contributed by atoms with van der Waals surface area (Å²) in [6.07, 6.45) is 2.26. The molecule has 208 valence electrons. The van der Waals surface area contributed by atoms with Crippen LogP contribution in [-0.4, -0.2) is 31.1 Å². The number of nitrogens with zero attached hydrogens (tertiary/aromatic N) is 1. The highest BCUT2D eigenvalue weighted by molar-refractivity contribution is 14.1. The molecule has 1 saturated heterocycles. The number of carbonyl (C=O) groups excluding carboxylic acids is 3. The molecule has 0 spiro atoms. The van der Waals surface area contributed by atoms with Crippen LogP contribution in [0, 0.1) is 3.57 Å². The highest BCUT2D eigenvalue weighted by Gasteiger charge is 2.37. The molecule has 1 fully saturated rings. The van der Waals surface area contributed by atoms with E-state index in [2.05, 4.69) is 27.9 Å². The van der Waals surface area contributed by atoms with Crippen LogP contribution in [0.25, 0.3) is 6.08 Å². The van der Waals surface area contributed by atoms with Gasteiger partial charge in [0.1, 0.15) is 17.9 Å². The van der Waals surface area contributed by atoms with E-state index < -0.39 is 17.8 Å². The third-order valence-corrected chi connectivity index (χ3v) is 7.09. The maximum atomic E-state index is 13.4. The molecule has 40 heavy (non-hydrogen) atoms. The molecule has 11 heteroatoms. The molecule has 0 atom stereocenters. The van der Waals surface area contributed by atoms with Crippen molar-refractivity contribution in [2.45, 2.75) is 26.9 Å². The van der Waals surface area contributed by atoms with Crippen LogP contribution in [0.4, 0.5) is 10.5 Å². The van der Waals surface area contributed by atoms with Crippen molar-refractivity contribution >= 4 is 75.4 Å². The molecule has 3 aromatic rings. The summed E-state index contributed by atoms with van der Waals surface area (Å²) in [4.78, 5) is 39.6. The second-order valence-electron chi connectivity index (χ2n) is 8.59. The SMILES string of the molecule is CCCOc1c(I)cc(/C=C2\C(=O)NC(=O)N(c3ccc(OCc4ccc(Cl)cc4Cl)cc3)C2=O)cc1OCC. The molecule has 0 aliphatic carbocycles. The van der Waals surface area contributed by atoms with Crippen LogP contribution >= 0.6 is 45.8 Å². The summed E-state index contributed by atoms with van der Waals surface area (Å²) >= 11 is 14.3. The number of halogens is 3. The van der Waals surface area contributed by atoms with Gasteiger partial charge in [-0.15, -0.1) is 0 Å². The largest absolute Gasteiger partial charge is 0.490 e. The summed E-state index contributed by atoms with van der Waals surface area (Å²) in [6, 6.07) is 14.1. The van der Waals surface area contributed by atoms with Gasteiger partial charge in [0.15, 0.2) is 11.5 Å². The summed E-state index contributed by atoms with van der Waals surface area (Å²) in [5.74, 6) is 0.0555. The van der Waals surface area contributed by atoms with Crippen LogP contribution in [-0.2, 0) is 16.2 Å². The second-order valence-corrected chi connectivity index (χ2v) is 10.6. The molecule has 4 amide bonds. The Morgan fingerprint density at radius 2 is 1.70 bits per heavy atom. The zero-order chi connectivity index (χ0) is 28.8. The number of hydrogen-bond acceptors (Lipinski definition) is 6. The third kappa shape index (κ3) is 6.89. The lowest BCUT2D eigenvalue weighted by Crippen LogP contribution is -2.54. The minimum Gasteiger partial charge on any atom is -0.490 e. The van der Waals surface area contributed by atoms with Gasteiger partial charge in [-0.2, -0.15) is 0 Å². The Morgan fingerprint density at radius 1 is 0.950 bits per heavy atom. The lowest BCUT2D eigenvalue weighted by molar-refractivity contribution is -0.122. The summed E-state index contributed by atoms with van der Waals surface area (Å²) in [5.41, 5.74) is 1.37. The number of urea groups is 1. The Kier molecular flexibility index (Phi) is 9.94. The molecule has 0 radical (unpaired) electrons. The molecule has 1 aliphatic rings. The van der Waals surface area contributed by atoms with Crippen molar-refractivity contribution in [1.29, 1.82) is 0 Å². The predicted molar refractivity (Wildman–Crippen MR) is 162 cm³/mol. The smallest absolute Gasteiger partial charge is 0.335 e. The molecule has 1 N–H and O–H groups in total. The van der Waals surface area contributed by atoms with E-state index in [1.165, 1.54) is 6.08 Å². The second kappa shape index (κ2) is 13.4. The minimum absolute atomic E-state index is 0.196. The van der Waals surface area contributed by atoms with Crippen molar-refractivity contribution < 1.29 is 28.6 Å². The fourth-order valence-electron chi connectivity index (χ4n) is 3.83. The average Bonchev–Trinajstić information content (AvgIpc) is 2.91. The first-order valence-corrected chi connectivity index (χ1v) is 14.2. The van der Waals surface area contributed by atoms with Gasteiger partial charge in [-0.1, -0.05) is 36.2 Å².